The number of carbonyl (C=O) groups excluding carboxylic acids is 1. The SMILES string of the molecule is COc1ccccc1CC(CNC(=O)c1ccc2c(c1)COC2)C(=O)O. The van der Waals surface area contributed by atoms with Gasteiger partial charge in [-0.2, -0.15) is 0 Å². The van der Waals surface area contributed by atoms with E-state index < -0.39 is 11.9 Å². The summed E-state index contributed by atoms with van der Waals surface area (Å²) in [6.45, 7) is 1.11. The highest BCUT2D eigenvalue weighted by atomic mass is 16.5. The minimum atomic E-state index is -0.960. The summed E-state index contributed by atoms with van der Waals surface area (Å²) in [5, 5.41) is 12.2. The molecule has 6 nitrogen and oxygen atoms in total. The van der Waals surface area contributed by atoms with E-state index in [1.165, 1.54) is 0 Å². The number of para-hydroxylation sites is 1. The van der Waals surface area contributed by atoms with E-state index in [2.05, 4.69) is 5.32 Å². The predicted octanol–water partition coefficient (Wildman–Crippen LogP) is 2.40. The van der Waals surface area contributed by atoms with Gasteiger partial charge in [0.15, 0.2) is 0 Å². The fourth-order valence-electron chi connectivity index (χ4n) is 3.02. The topological polar surface area (TPSA) is 84.9 Å². The number of carbonyl (C=O) groups is 2. The zero-order valence-electron chi connectivity index (χ0n) is 14.5. The third-order valence-corrected chi connectivity index (χ3v) is 4.50. The quantitative estimate of drug-likeness (QED) is 0.797. The number of hydrogen-bond donors (Lipinski definition) is 2. The van der Waals surface area contributed by atoms with Crippen LogP contribution in [-0.4, -0.2) is 30.6 Å². The molecule has 0 fully saturated rings. The van der Waals surface area contributed by atoms with Gasteiger partial charge in [0.05, 0.1) is 26.2 Å². The van der Waals surface area contributed by atoms with Crippen LogP contribution in [0.1, 0.15) is 27.0 Å². The van der Waals surface area contributed by atoms with Gasteiger partial charge < -0.3 is 19.9 Å². The van der Waals surface area contributed by atoms with E-state index in [0.717, 1.165) is 16.7 Å². The van der Waals surface area contributed by atoms with Crippen molar-refractivity contribution in [2.75, 3.05) is 13.7 Å². The maximum Gasteiger partial charge on any atom is 0.308 e. The van der Waals surface area contributed by atoms with Crippen molar-refractivity contribution in [3.63, 3.8) is 0 Å². The molecule has 1 unspecified atom stereocenters. The number of nitrogens with one attached hydrogen (secondary N) is 1. The van der Waals surface area contributed by atoms with Gasteiger partial charge in [0.2, 0.25) is 0 Å². The lowest BCUT2D eigenvalue weighted by Gasteiger charge is -2.15. The van der Waals surface area contributed by atoms with Crippen molar-refractivity contribution in [1.82, 2.24) is 5.32 Å². The lowest BCUT2D eigenvalue weighted by Crippen LogP contribution is -2.34. The zero-order chi connectivity index (χ0) is 18.5. The molecule has 2 N–H and O–H groups in total. The molecule has 3 rings (SSSR count). The van der Waals surface area contributed by atoms with Gasteiger partial charge in [-0.3, -0.25) is 9.59 Å². The lowest BCUT2D eigenvalue weighted by molar-refractivity contribution is -0.141. The van der Waals surface area contributed by atoms with Crippen LogP contribution >= 0.6 is 0 Å². The fourth-order valence-corrected chi connectivity index (χ4v) is 3.02. The third kappa shape index (κ3) is 4.03. The minimum absolute atomic E-state index is 0.0415. The van der Waals surface area contributed by atoms with E-state index in [1.807, 2.05) is 24.3 Å². The van der Waals surface area contributed by atoms with E-state index in [9.17, 15) is 14.7 Å². The molecule has 2 aromatic rings. The second kappa shape index (κ2) is 8.01. The van der Waals surface area contributed by atoms with Gasteiger partial charge in [0, 0.05) is 12.1 Å². The summed E-state index contributed by atoms with van der Waals surface area (Å²) < 4.78 is 10.6. The molecule has 0 aliphatic carbocycles. The third-order valence-electron chi connectivity index (χ3n) is 4.50. The molecule has 1 aliphatic heterocycles. The predicted molar refractivity (Wildman–Crippen MR) is 95.1 cm³/mol. The number of carboxylic acid groups (broad SMARTS) is 1. The molecule has 26 heavy (non-hydrogen) atoms. The highest BCUT2D eigenvalue weighted by molar-refractivity contribution is 5.94. The van der Waals surface area contributed by atoms with E-state index >= 15 is 0 Å². The average molecular weight is 355 g/mol. The molecule has 1 amide bonds. The number of amides is 1. The Hall–Kier alpha value is -2.86. The van der Waals surface area contributed by atoms with Gasteiger partial charge in [-0.05, 0) is 41.3 Å². The van der Waals surface area contributed by atoms with E-state index in [1.54, 1.807) is 25.3 Å². The first kappa shape index (κ1) is 17.9. The molecule has 1 atom stereocenters. The Morgan fingerprint density at radius 3 is 2.73 bits per heavy atom. The number of benzene rings is 2. The maximum absolute atomic E-state index is 12.4. The Bertz CT molecular complexity index is 818. The normalized spacial score (nSPS) is 13.7. The van der Waals surface area contributed by atoms with Crippen molar-refractivity contribution in [3.8, 4) is 5.75 Å². The van der Waals surface area contributed by atoms with Gasteiger partial charge in [0.1, 0.15) is 5.75 Å². The largest absolute Gasteiger partial charge is 0.496 e. The van der Waals surface area contributed by atoms with Crippen molar-refractivity contribution >= 4 is 11.9 Å². The molecule has 0 aromatic heterocycles. The summed E-state index contributed by atoms with van der Waals surface area (Å²) in [6, 6.07) is 12.7. The van der Waals surface area contributed by atoms with Crippen LogP contribution in [0.25, 0.3) is 0 Å². The second-order valence-electron chi connectivity index (χ2n) is 6.24. The molecule has 6 heteroatoms. The van der Waals surface area contributed by atoms with Gasteiger partial charge in [-0.15, -0.1) is 0 Å². The minimum Gasteiger partial charge on any atom is -0.496 e. The Balaban J connectivity index is 1.65. The molecule has 1 heterocycles. The number of methoxy groups -OCH3 is 1. The van der Waals surface area contributed by atoms with Crippen molar-refractivity contribution in [2.24, 2.45) is 5.92 Å². The lowest BCUT2D eigenvalue weighted by atomic mass is 9.98. The standard InChI is InChI=1S/C20H21NO5/c1-25-18-5-3-2-4-13(18)8-16(20(23)24)10-21-19(22)14-6-7-15-11-26-12-17(15)9-14/h2-7,9,16H,8,10-12H2,1H3,(H,21,22)(H,23,24). The summed E-state index contributed by atoms with van der Waals surface area (Å²) in [4.78, 5) is 24.0. The van der Waals surface area contributed by atoms with Crippen LogP contribution in [0.3, 0.4) is 0 Å². The molecular formula is C20H21NO5. The molecule has 0 bridgehead atoms. The first-order chi connectivity index (χ1) is 12.6. The molecule has 0 radical (unpaired) electrons. The van der Waals surface area contributed by atoms with E-state index in [4.69, 9.17) is 9.47 Å². The number of hydrogen-bond acceptors (Lipinski definition) is 4. The molecular weight excluding hydrogens is 334 g/mol. The van der Waals surface area contributed by atoms with Crippen LogP contribution in [0.4, 0.5) is 0 Å². The molecule has 0 saturated carbocycles. The van der Waals surface area contributed by atoms with Gasteiger partial charge in [0.25, 0.3) is 5.91 Å². The summed E-state index contributed by atoms with van der Waals surface area (Å²) in [7, 11) is 1.55. The van der Waals surface area contributed by atoms with E-state index in [0.29, 0.717) is 24.5 Å². The van der Waals surface area contributed by atoms with Crippen molar-refractivity contribution < 1.29 is 24.2 Å². The first-order valence-electron chi connectivity index (χ1n) is 8.41. The van der Waals surface area contributed by atoms with Crippen molar-refractivity contribution in [3.05, 3.63) is 64.7 Å². The number of aliphatic carboxylic acids is 1. The van der Waals surface area contributed by atoms with Gasteiger partial charge in [-0.1, -0.05) is 24.3 Å². The molecule has 2 aromatic carbocycles. The summed E-state index contributed by atoms with van der Waals surface area (Å²) >= 11 is 0. The number of fused-ring (bicyclic) bond motifs is 1. The Morgan fingerprint density at radius 2 is 1.96 bits per heavy atom. The van der Waals surface area contributed by atoms with Crippen LogP contribution in [0.15, 0.2) is 42.5 Å². The Labute approximate surface area is 151 Å². The molecule has 136 valence electrons. The van der Waals surface area contributed by atoms with Crippen molar-refractivity contribution in [2.45, 2.75) is 19.6 Å². The summed E-state index contributed by atoms with van der Waals surface area (Å²) in [5.41, 5.74) is 3.39. The highest BCUT2D eigenvalue weighted by Gasteiger charge is 2.21. The maximum atomic E-state index is 12.4. The van der Waals surface area contributed by atoms with E-state index in [-0.39, 0.29) is 18.9 Å². The van der Waals surface area contributed by atoms with Gasteiger partial charge >= 0.3 is 5.97 Å². The number of rotatable bonds is 7. The zero-order valence-corrected chi connectivity index (χ0v) is 14.5. The Kier molecular flexibility index (Phi) is 5.53. The first-order valence-corrected chi connectivity index (χ1v) is 8.41. The Morgan fingerprint density at radius 1 is 1.19 bits per heavy atom. The van der Waals surface area contributed by atoms with Crippen LogP contribution in [0.2, 0.25) is 0 Å². The number of carboxylic acids is 1. The van der Waals surface area contributed by atoms with Crippen LogP contribution < -0.4 is 10.1 Å². The fraction of sp³-hybridized carbons (Fsp3) is 0.300. The monoisotopic (exact) mass is 355 g/mol. The van der Waals surface area contributed by atoms with Crippen LogP contribution in [0, 0.1) is 5.92 Å². The smallest absolute Gasteiger partial charge is 0.308 e. The van der Waals surface area contributed by atoms with Crippen molar-refractivity contribution in [1.29, 1.82) is 0 Å². The number of ether oxygens (including phenoxy) is 2. The average Bonchev–Trinajstić information content (AvgIpc) is 3.12. The molecule has 1 aliphatic rings. The van der Waals surface area contributed by atoms with Crippen LogP contribution in [-0.2, 0) is 29.2 Å². The molecule has 0 saturated heterocycles. The second-order valence-corrected chi connectivity index (χ2v) is 6.24. The molecule has 0 spiro atoms. The highest BCUT2D eigenvalue weighted by Crippen LogP contribution is 2.22. The van der Waals surface area contributed by atoms with Gasteiger partial charge in [-0.25, -0.2) is 0 Å². The van der Waals surface area contributed by atoms with Crippen LogP contribution in [0.5, 0.6) is 5.75 Å². The summed E-state index contributed by atoms with van der Waals surface area (Å²) in [5.74, 6) is -1.35. The summed E-state index contributed by atoms with van der Waals surface area (Å²) in [6.07, 6.45) is 0.275.